The van der Waals surface area contributed by atoms with Crippen LogP contribution in [0.5, 0.6) is 5.75 Å². The van der Waals surface area contributed by atoms with Crippen LogP contribution in [-0.2, 0) is 6.42 Å². The Bertz CT molecular complexity index is 896. The third-order valence-corrected chi connectivity index (χ3v) is 4.23. The van der Waals surface area contributed by atoms with E-state index < -0.39 is 0 Å². The Labute approximate surface area is 163 Å². The van der Waals surface area contributed by atoms with Crippen LogP contribution >= 0.6 is 11.6 Å². The van der Waals surface area contributed by atoms with Gasteiger partial charge in [0, 0.05) is 23.5 Å². The Morgan fingerprint density at radius 1 is 1.11 bits per heavy atom. The molecule has 1 heterocycles. The fourth-order valence-electron chi connectivity index (χ4n) is 2.53. The summed E-state index contributed by atoms with van der Waals surface area (Å²) >= 11 is 5.84. The third kappa shape index (κ3) is 5.46. The van der Waals surface area contributed by atoms with E-state index in [-0.39, 0.29) is 5.91 Å². The number of nitrogens with zero attached hydrogens (tertiary/aromatic N) is 1. The van der Waals surface area contributed by atoms with Gasteiger partial charge in [0.15, 0.2) is 0 Å². The van der Waals surface area contributed by atoms with Crippen LogP contribution < -0.4 is 15.4 Å². The molecule has 5 nitrogen and oxygen atoms in total. The van der Waals surface area contributed by atoms with Crippen molar-refractivity contribution in [3.63, 3.8) is 0 Å². The molecule has 0 fully saturated rings. The molecule has 0 atom stereocenters. The first-order chi connectivity index (χ1) is 13.1. The summed E-state index contributed by atoms with van der Waals surface area (Å²) in [6.07, 6.45) is 2.40. The van der Waals surface area contributed by atoms with Gasteiger partial charge in [-0.2, -0.15) is 0 Å². The quantitative estimate of drug-likeness (QED) is 0.625. The van der Waals surface area contributed by atoms with Crippen molar-refractivity contribution in [1.82, 2.24) is 4.98 Å². The summed E-state index contributed by atoms with van der Waals surface area (Å²) in [4.78, 5) is 16.6. The maximum atomic E-state index is 12.3. The summed E-state index contributed by atoms with van der Waals surface area (Å²) in [5, 5.41) is 6.69. The van der Waals surface area contributed by atoms with Crippen molar-refractivity contribution in [1.29, 1.82) is 0 Å². The minimum absolute atomic E-state index is 0.215. The Morgan fingerprint density at radius 2 is 1.93 bits per heavy atom. The van der Waals surface area contributed by atoms with Gasteiger partial charge < -0.3 is 15.4 Å². The van der Waals surface area contributed by atoms with Crippen LogP contribution in [0.3, 0.4) is 0 Å². The minimum Gasteiger partial charge on any atom is -0.497 e. The van der Waals surface area contributed by atoms with Gasteiger partial charge in [-0.05, 0) is 60.5 Å². The van der Waals surface area contributed by atoms with Crippen molar-refractivity contribution in [3.8, 4) is 5.75 Å². The summed E-state index contributed by atoms with van der Waals surface area (Å²) in [6.45, 7) is 0.733. The SMILES string of the molecule is COc1cccc(CCNc2ccc(C(=O)Nc3ccc(Cl)cc3)cn2)c1. The van der Waals surface area contributed by atoms with E-state index in [1.54, 1.807) is 49.7 Å². The lowest BCUT2D eigenvalue weighted by Gasteiger charge is -2.08. The molecular weight excluding hydrogens is 362 g/mol. The van der Waals surface area contributed by atoms with Gasteiger partial charge in [-0.25, -0.2) is 4.98 Å². The van der Waals surface area contributed by atoms with Gasteiger partial charge in [-0.3, -0.25) is 4.79 Å². The van der Waals surface area contributed by atoms with Crippen LogP contribution in [-0.4, -0.2) is 24.5 Å². The molecule has 2 N–H and O–H groups in total. The van der Waals surface area contributed by atoms with E-state index in [4.69, 9.17) is 16.3 Å². The second-order valence-corrected chi connectivity index (χ2v) is 6.36. The van der Waals surface area contributed by atoms with Gasteiger partial charge in [-0.1, -0.05) is 23.7 Å². The van der Waals surface area contributed by atoms with Crippen LogP contribution in [0, 0.1) is 0 Å². The minimum atomic E-state index is -0.215. The van der Waals surface area contributed by atoms with Crippen molar-refractivity contribution in [2.45, 2.75) is 6.42 Å². The number of pyridine rings is 1. The zero-order valence-electron chi connectivity index (χ0n) is 14.9. The predicted molar refractivity (Wildman–Crippen MR) is 109 cm³/mol. The van der Waals surface area contributed by atoms with Crippen molar-refractivity contribution in [2.24, 2.45) is 0 Å². The van der Waals surface area contributed by atoms with Crippen LogP contribution in [0.15, 0.2) is 66.9 Å². The van der Waals surface area contributed by atoms with E-state index in [9.17, 15) is 4.79 Å². The molecule has 3 rings (SSSR count). The molecule has 3 aromatic rings. The van der Waals surface area contributed by atoms with Crippen LogP contribution in [0.4, 0.5) is 11.5 Å². The number of carbonyl (C=O) groups is 1. The molecule has 2 aromatic carbocycles. The van der Waals surface area contributed by atoms with Gasteiger partial charge >= 0.3 is 0 Å². The summed E-state index contributed by atoms with van der Waals surface area (Å²) < 4.78 is 5.23. The normalized spacial score (nSPS) is 10.3. The third-order valence-electron chi connectivity index (χ3n) is 3.98. The molecule has 0 aliphatic rings. The maximum absolute atomic E-state index is 12.3. The summed E-state index contributed by atoms with van der Waals surface area (Å²) in [6, 6.07) is 18.5. The highest BCUT2D eigenvalue weighted by atomic mass is 35.5. The molecule has 0 saturated carbocycles. The Hall–Kier alpha value is -3.05. The Kier molecular flexibility index (Phi) is 6.28. The number of benzene rings is 2. The zero-order chi connectivity index (χ0) is 19.1. The lowest BCUT2D eigenvalue weighted by atomic mass is 10.1. The van der Waals surface area contributed by atoms with E-state index in [1.807, 2.05) is 18.2 Å². The van der Waals surface area contributed by atoms with Crippen molar-refractivity contribution < 1.29 is 9.53 Å². The second kappa shape index (κ2) is 9.05. The van der Waals surface area contributed by atoms with Gasteiger partial charge in [0.2, 0.25) is 0 Å². The number of hydrogen-bond acceptors (Lipinski definition) is 4. The number of hydrogen-bond donors (Lipinski definition) is 2. The average molecular weight is 382 g/mol. The highest BCUT2D eigenvalue weighted by Crippen LogP contribution is 2.15. The van der Waals surface area contributed by atoms with Gasteiger partial charge in [-0.15, -0.1) is 0 Å². The Balaban J connectivity index is 1.52. The number of rotatable bonds is 7. The van der Waals surface area contributed by atoms with E-state index in [0.29, 0.717) is 16.3 Å². The first-order valence-corrected chi connectivity index (χ1v) is 8.91. The van der Waals surface area contributed by atoms with Crippen LogP contribution in [0.25, 0.3) is 0 Å². The fourth-order valence-corrected chi connectivity index (χ4v) is 2.66. The molecule has 0 spiro atoms. The van der Waals surface area contributed by atoms with Crippen LogP contribution in [0.1, 0.15) is 15.9 Å². The van der Waals surface area contributed by atoms with Gasteiger partial charge in [0.25, 0.3) is 5.91 Å². The molecule has 1 amide bonds. The number of anilines is 2. The lowest BCUT2D eigenvalue weighted by Crippen LogP contribution is -2.13. The number of halogens is 1. The summed E-state index contributed by atoms with van der Waals surface area (Å²) in [5.74, 6) is 1.36. The highest BCUT2D eigenvalue weighted by molar-refractivity contribution is 6.30. The van der Waals surface area contributed by atoms with E-state index >= 15 is 0 Å². The van der Waals surface area contributed by atoms with Crippen LogP contribution in [0.2, 0.25) is 5.02 Å². The average Bonchev–Trinajstić information content (AvgIpc) is 2.70. The maximum Gasteiger partial charge on any atom is 0.257 e. The molecule has 0 unspecified atom stereocenters. The topological polar surface area (TPSA) is 63.2 Å². The predicted octanol–water partition coefficient (Wildman–Crippen LogP) is 4.65. The molecule has 0 saturated heterocycles. The molecule has 1 aromatic heterocycles. The van der Waals surface area contributed by atoms with E-state index in [1.165, 1.54) is 5.56 Å². The van der Waals surface area contributed by atoms with E-state index in [0.717, 1.165) is 24.5 Å². The molecule has 0 aliphatic heterocycles. The number of carbonyl (C=O) groups excluding carboxylic acids is 1. The highest BCUT2D eigenvalue weighted by Gasteiger charge is 2.07. The molecule has 138 valence electrons. The van der Waals surface area contributed by atoms with Gasteiger partial charge in [0.1, 0.15) is 11.6 Å². The molecule has 0 aliphatic carbocycles. The number of methoxy groups -OCH3 is 1. The number of aromatic nitrogens is 1. The first-order valence-electron chi connectivity index (χ1n) is 8.54. The van der Waals surface area contributed by atoms with Crippen molar-refractivity contribution >= 4 is 29.0 Å². The van der Waals surface area contributed by atoms with Crippen molar-refractivity contribution in [2.75, 3.05) is 24.3 Å². The van der Waals surface area contributed by atoms with Gasteiger partial charge in [0.05, 0.1) is 12.7 Å². The standard InChI is InChI=1S/C21H20ClN3O2/c1-27-19-4-2-3-15(13-19)11-12-23-20-10-5-16(14-24-20)21(26)25-18-8-6-17(22)7-9-18/h2-10,13-14H,11-12H2,1H3,(H,23,24)(H,25,26). The smallest absolute Gasteiger partial charge is 0.257 e. The molecular formula is C21H20ClN3O2. The zero-order valence-corrected chi connectivity index (χ0v) is 15.7. The first kappa shape index (κ1) is 18.7. The Morgan fingerprint density at radius 3 is 2.63 bits per heavy atom. The molecule has 6 heteroatoms. The lowest BCUT2D eigenvalue weighted by molar-refractivity contribution is 0.102. The largest absolute Gasteiger partial charge is 0.497 e. The fraction of sp³-hybridized carbons (Fsp3) is 0.143. The molecule has 27 heavy (non-hydrogen) atoms. The number of nitrogens with one attached hydrogen (secondary N) is 2. The van der Waals surface area contributed by atoms with E-state index in [2.05, 4.69) is 21.7 Å². The molecule has 0 bridgehead atoms. The number of ether oxygens (including phenoxy) is 1. The second-order valence-electron chi connectivity index (χ2n) is 5.92. The molecule has 0 radical (unpaired) electrons. The van der Waals surface area contributed by atoms with Crippen molar-refractivity contribution in [3.05, 3.63) is 83.0 Å². The summed E-state index contributed by atoms with van der Waals surface area (Å²) in [5.41, 5.74) is 2.36. The number of amides is 1. The monoisotopic (exact) mass is 381 g/mol. The summed E-state index contributed by atoms with van der Waals surface area (Å²) in [7, 11) is 1.66.